The van der Waals surface area contributed by atoms with Crippen molar-refractivity contribution in [2.45, 2.75) is 158 Å². The van der Waals surface area contributed by atoms with E-state index in [0.29, 0.717) is 5.75 Å². The first-order chi connectivity index (χ1) is 32.2. The second-order valence-electron chi connectivity index (χ2n) is 18.8. The molecule has 0 amide bonds. The van der Waals surface area contributed by atoms with Crippen LogP contribution in [0.15, 0.2) is 115 Å². The molecule has 0 saturated carbocycles. The summed E-state index contributed by atoms with van der Waals surface area (Å²) in [4.78, 5) is 0. The Bertz CT molecular complexity index is 1810. The van der Waals surface area contributed by atoms with Crippen molar-refractivity contribution in [2.24, 2.45) is 0 Å². The summed E-state index contributed by atoms with van der Waals surface area (Å²) in [6, 6.07) is 37.9. The summed E-state index contributed by atoms with van der Waals surface area (Å²) in [5.41, 5.74) is 6.02. The minimum absolute atomic E-state index is 0.298. The second kappa shape index (κ2) is 32.7. The lowest BCUT2D eigenvalue weighted by atomic mass is 9.87. The number of unbranched alkanes of at least 4 members (excludes halogenated alkanes) is 8. The molecule has 362 valence electrons. The first-order valence-corrected chi connectivity index (χ1v) is 26.7. The number of nitrogens with zero attached hydrogens (tertiary/aromatic N) is 2. The van der Waals surface area contributed by atoms with Gasteiger partial charge in [-0.3, -0.25) is 0 Å². The molecule has 0 heterocycles. The Morgan fingerprint density at radius 3 is 0.818 bits per heavy atom. The molecule has 0 atom stereocenters. The summed E-state index contributed by atoms with van der Waals surface area (Å²) < 4.78 is 8.10. The van der Waals surface area contributed by atoms with Crippen LogP contribution in [0.25, 0.3) is 44.2 Å². The standard InChI is InChI=1S/C28H19BO3.2C16H36N/c30-29(31)32-26-19-18-24(21-12-6-2-7-13-21)27-23(20-10-4-1-5-11-20)16-17-25(28(26)27)22-14-8-3-9-15-22;2*1-5-9-13-17(14-10-6-2,15-11-7-3)16-12-8-4/h1-19H;2*5-16H2,1-4H3/q-2;2*+1. The van der Waals surface area contributed by atoms with Crippen LogP contribution in [-0.4, -0.2) is 68.6 Å². The Morgan fingerprint density at radius 1 is 0.333 bits per heavy atom. The highest BCUT2D eigenvalue weighted by Crippen LogP contribution is 2.45. The summed E-state index contributed by atoms with van der Waals surface area (Å²) in [5, 5.41) is 24.7. The molecular formula is C60H91BN2O3. The molecule has 0 aliphatic rings. The predicted molar refractivity (Wildman–Crippen MR) is 285 cm³/mol. The van der Waals surface area contributed by atoms with Gasteiger partial charge in [0.1, 0.15) is 13.1 Å². The topological polar surface area (TPSA) is 55.3 Å². The highest BCUT2D eigenvalue weighted by atomic mass is 16.6. The highest BCUT2D eigenvalue weighted by molar-refractivity contribution is 6.30. The average molecular weight is 899 g/mol. The molecule has 5 aromatic rings. The molecule has 6 heteroatoms. The number of rotatable bonds is 29. The largest absolute Gasteiger partial charge is 0.860 e. The van der Waals surface area contributed by atoms with Gasteiger partial charge in [-0.1, -0.05) is 216 Å². The smallest absolute Gasteiger partial charge is 0.133 e. The van der Waals surface area contributed by atoms with E-state index in [2.05, 4.69) is 85.7 Å². The van der Waals surface area contributed by atoms with Crippen LogP contribution in [0.4, 0.5) is 0 Å². The molecular weight excluding hydrogens is 807 g/mol. The van der Waals surface area contributed by atoms with E-state index in [1.807, 2.05) is 78.9 Å². The van der Waals surface area contributed by atoms with Gasteiger partial charge in [-0.05, 0) is 90.8 Å². The Kier molecular flexibility index (Phi) is 27.9. The molecule has 5 nitrogen and oxygen atoms in total. The zero-order chi connectivity index (χ0) is 47.9. The van der Waals surface area contributed by atoms with Gasteiger partial charge >= 0.3 is 0 Å². The first-order valence-electron chi connectivity index (χ1n) is 26.7. The van der Waals surface area contributed by atoms with E-state index >= 15 is 0 Å². The van der Waals surface area contributed by atoms with E-state index < -0.39 is 7.32 Å². The van der Waals surface area contributed by atoms with Crippen molar-refractivity contribution in [1.82, 2.24) is 0 Å². The average Bonchev–Trinajstić information content (AvgIpc) is 3.36. The van der Waals surface area contributed by atoms with Gasteiger partial charge < -0.3 is 23.7 Å². The molecule has 0 radical (unpaired) electrons. The molecule has 5 aromatic carbocycles. The molecule has 66 heavy (non-hydrogen) atoms. The normalized spacial score (nSPS) is 11.4. The van der Waals surface area contributed by atoms with Crippen LogP contribution >= 0.6 is 0 Å². The fraction of sp³-hybridized carbons (Fsp3) is 0.533. The maximum absolute atomic E-state index is 11.5. The second-order valence-corrected chi connectivity index (χ2v) is 18.8. The van der Waals surface area contributed by atoms with Crippen molar-refractivity contribution in [3.05, 3.63) is 115 Å². The van der Waals surface area contributed by atoms with Crippen LogP contribution in [0, 0.1) is 0 Å². The third-order valence-corrected chi connectivity index (χ3v) is 13.5. The number of quaternary nitrogens is 2. The van der Waals surface area contributed by atoms with E-state index in [9.17, 15) is 10.0 Å². The Labute approximate surface area is 405 Å². The molecule has 0 N–H and O–H groups in total. The van der Waals surface area contributed by atoms with Gasteiger partial charge in [0.25, 0.3) is 0 Å². The molecule has 0 aliphatic heterocycles. The number of hydrogen-bond acceptors (Lipinski definition) is 3. The number of fused-ring (bicyclic) bond motifs is 1. The zero-order valence-electron chi connectivity index (χ0n) is 43.1. The summed E-state index contributed by atoms with van der Waals surface area (Å²) in [6.45, 7) is 30.0. The lowest BCUT2D eigenvalue weighted by molar-refractivity contribution is -0.929. The van der Waals surface area contributed by atoms with Crippen LogP contribution in [0.2, 0.25) is 0 Å². The number of benzene rings is 5. The minimum atomic E-state index is -2.41. The van der Waals surface area contributed by atoms with Crippen LogP contribution in [0.3, 0.4) is 0 Å². The summed E-state index contributed by atoms with van der Waals surface area (Å²) in [7, 11) is -2.41. The van der Waals surface area contributed by atoms with Crippen LogP contribution < -0.4 is 14.7 Å². The van der Waals surface area contributed by atoms with Crippen molar-refractivity contribution in [2.75, 3.05) is 52.4 Å². The van der Waals surface area contributed by atoms with Crippen molar-refractivity contribution >= 4 is 18.1 Å². The van der Waals surface area contributed by atoms with Gasteiger partial charge in [-0.15, -0.1) is 0 Å². The van der Waals surface area contributed by atoms with E-state index in [-0.39, 0.29) is 0 Å². The molecule has 5 rings (SSSR count). The van der Waals surface area contributed by atoms with E-state index in [0.717, 1.165) is 44.2 Å². The van der Waals surface area contributed by atoms with Gasteiger partial charge in [0.15, 0.2) is 0 Å². The highest BCUT2D eigenvalue weighted by Gasteiger charge is 2.26. The molecule has 0 aromatic heterocycles. The van der Waals surface area contributed by atoms with Crippen molar-refractivity contribution in [3.8, 4) is 39.1 Å². The van der Waals surface area contributed by atoms with E-state index in [1.54, 1.807) is 6.07 Å². The van der Waals surface area contributed by atoms with Crippen molar-refractivity contribution < 1.29 is 23.7 Å². The SMILES string of the molecule is CCCC[N+](CCCC)(CCCC)CCCC.CCCC[N+](CCCC)(CCCC)CCCC.[O-]B([O-])Oc1ccc(-c2ccccc2)c2c(-c3ccccc3)ccc(-c3ccccc3)c12. The molecule has 0 spiro atoms. The third-order valence-electron chi connectivity index (χ3n) is 13.5. The maximum Gasteiger partial charge on any atom is 0.133 e. The predicted octanol–water partition coefficient (Wildman–Crippen LogP) is 14.9. The van der Waals surface area contributed by atoms with Gasteiger partial charge in [0.2, 0.25) is 0 Å². The lowest BCUT2D eigenvalue weighted by Crippen LogP contribution is -2.50. The molecule has 0 aliphatic carbocycles. The summed E-state index contributed by atoms with van der Waals surface area (Å²) in [5.74, 6) is 0.298. The Balaban J connectivity index is 0.000000291. The first kappa shape index (κ1) is 56.4. The van der Waals surface area contributed by atoms with Gasteiger partial charge in [-0.2, -0.15) is 0 Å². The Morgan fingerprint density at radius 2 is 0.576 bits per heavy atom. The van der Waals surface area contributed by atoms with E-state index in [4.69, 9.17) is 4.65 Å². The molecule has 0 unspecified atom stereocenters. The van der Waals surface area contributed by atoms with Crippen molar-refractivity contribution in [3.63, 3.8) is 0 Å². The van der Waals surface area contributed by atoms with Crippen LogP contribution in [-0.2, 0) is 0 Å². The monoisotopic (exact) mass is 899 g/mol. The van der Waals surface area contributed by atoms with Gasteiger partial charge in [0.05, 0.1) is 52.4 Å². The summed E-state index contributed by atoms with van der Waals surface area (Å²) in [6.07, 6.45) is 22.1. The lowest BCUT2D eigenvalue weighted by Gasteiger charge is -2.39. The van der Waals surface area contributed by atoms with Crippen LogP contribution in [0.1, 0.15) is 158 Å². The van der Waals surface area contributed by atoms with E-state index in [1.165, 1.54) is 164 Å². The van der Waals surface area contributed by atoms with Gasteiger partial charge in [-0.25, -0.2) is 0 Å². The summed E-state index contributed by atoms with van der Waals surface area (Å²) >= 11 is 0. The van der Waals surface area contributed by atoms with Crippen molar-refractivity contribution in [1.29, 1.82) is 0 Å². The Hall–Kier alpha value is -3.94. The molecule has 0 saturated heterocycles. The number of hydrogen-bond donors (Lipinski definition) is 0. The quantitative estimate of drug-likeness (QED) is 0.0355. The maximum atomic E-state index is 11.5. The van der Waals surface area contributed by atoms with Gasteiger partial charge in [0, 0.05) is 10.8 Å². The molecule has 0 fully saturated rings. The fourth-order valence-electron chi connectivity index (χ4n) is 9.53. The third kappa shape index (κ3) is 18.6. The van der Waals surface area contributed by atoms with Crippen LogP contribution in [0.5, 0.6) is 5.75 Å². The zero-order valence-corrected chi connectivity index (χ0v) is 43.1. The molecule has 0 bridgehead atoms. The minimum Gasteiger partial charge on any atom is -0.860 e. The fourth-order valence-corrected chi connectivity index (χ4v) is 9.53.